The topological polar surface area (TPSA) is 51.5 Å². The summed E-state index contributed by atoms with van der Waals surface area (Å²) >= 11 is 12.5. The summed E-state index contributed by atoms with van der Waals surface area (Å²) < 4.78 is 11.9. The highest BCUT2D eigenvalue weighted by Crippen LogP contribution is 2.42. The first-order chi connectivity index (χ1) is 15.2. The average Bonchev–Trinajstić information content (AvgIpc) is 3.13. The number of benzene rings is 2. The molecule has 170 valence electrons. The van der Waals surface area contributed by atoms with Crippen molar-refractivity contribution in [3.05, 3.63) is 57.8 Å². The Morgan fingerprint density at radius 2 is 1.97 bits per heavy atom. The van der Waals surface area contributed by atoms with Crippen molar-refractivity contribution in [3.8, 4) is 16.9 Å². The third kappa shape index (κ3) is 5.31. The summed E-state index contributed by atoms with van der Waals surface area (Å²) in [4.78, 5) is 12.5. The van der Waals surface area contributed by atoms with E-state index in [4.69, 9.17) is 32.4 Å². The number of fused-ring (bicyclic) bond motifs is 1. The number of nitrogens with one attached hydrogen (secondary N) is 1. The molecule has 3 aromatic rings. The number of hydrogen-bond acceptors (Lipinski definition) is 3. The number of aryl methyl sites for hydroxylation is 1. The lowest BCUT2D eigenvalue weighted by Crippen LogP contribution is -2.23. The smallest absolute Gasteiger partial charge is 0.244 e. The van der Waals surface area contributed by atoms with Crippen LogP contribution in [0.4, 0.5) is 0 Å². The van der Waals surface area contributed by atoms with Gasteiger partial charge >= 0.3 is 0 Å². The molecule has 3 rings (SSSR count). The summed E-state index contributed by atoms with van der Waals surface area (Å²) in [6.07, 6.45) is 4.26. The van der Waals surface area contributed by atoms with Crippen molar-refractivity contribution in [3.63, 3.8) is 0 Å². The lowest BCUT2D eigenvalue weighted by Gasteiger charge is -2.15. The Morgan fingerprint density at radius 1 is 1.22 bits per heavy atom. The van der Waals surface area contributed by atoms with Gasteiger partial charge in [-0.25, -0.2) is 0 Å². The highest BCUT2D eigenvalue weighted by molar-refractivity contribution is 6.36. The molecule has 0 spiro atoms. The fourth-order valence-corrected chi connectivity index (χ4v) is 4.18. The van der Waals surface area contributed by atoms with E-state index in [1.807, 2.05) is 32.9 Å². The molecule has 0 atom stereocenters. The normalized spacial score (nSPS) is 11.9. The first-order valence-corrected chi connectivity index (χ1v) is 11.6. The number of rotatable bonds is 8. The number of ether oxygens (including phenoxy) is 1. The molecule has 0 radical (unpaired) electrons. The first kappa shape index (κ1) is 24.2. The number of hydrogen-bond donors (Lipinski definition) is 1. The van der Waals surface area contributed by atoms with Crippen molar-refractivity contribution in [1.29, 1.82) is 0 Å². The Balaban J connectivity index is 2.09. The maximum absolute atomic E-state index is 12.5. The molecule has 0 aliphatic rings. The SMILES string of the molecule is CCOc1c(/C(C)=C/C(=O)NCCC(C)C)cc2c(-c3ccc(Cl)cc3Cl)coc2c1C. The van der Waals surface area contributed by atoms with Crippen LogP contribution in [0, 0.1) is 12.8 Å². The first-order valence-electron chi connectivity index (χ1n) is 10.8. The van der Waals surface area contributed by atoms with E-state index >= 15 is 0 Å². The molecule has 4 nitrogen and oxygen atoms in total. The van der Waals surface area contributed by atoms with Crippen LogP contribution in [-0.4, -0.2) is 19.1 Å². The zero-order valence-electron chi connectivity index (χ0n) is 19.1. The molecule has 0 bridgehead atoms. The lowest BCUT2D eigenvalue weighted by molar-refractivity contribution is -0.116. The van der Waals surface area contributed by atoms with Crippen molar-refractivity contribution in [2.24, 2.45) is 5.92 Å². The van der Waals surface area contributed by atoms with Gasteiger partial charge in [-0.2, -0.15) is 0 Å². The van der Waals surface area contributed by atoms with Gasteiger partial charge in [0, 0.05) is 45.3 Å². The molecule has 0 saturated heterocycles. The van der Waals surface area contributed by atoms with Crippen LogP contribution < -0.4 is 10.1 Å². The highest BCUT2D eigenvalue weighted by atomic mass is 35.5. The summed E-state index contributed by atoms with van der Waals surface area (Å²) in [5.41, 5.74) is 4.97. The third-order valence-electron chi connectivity index (χ3n) is 5.35. The minimum atomic E-state index is -0.114. The van der Waals surface area contributed by atoms with E-state index in [0.29, 0.717) is 34.9 Å². The molecule has 1 N–H and O–H groups in total. The lowest BCUT2D eigenvalue weighted by atomic mass is 9.96. The predicted molar refractivity (Wildman–Crippen MR) is 134 cm³/mol. The van der Waals surface area contributed by atoms with Gasteiger partial charge in [-0.15, -0.1) is 0 Å². The largest absolute Gasteiger partial charge is 0.493 e. The van der Waals surface area contributed by atoms with Crippen molar-refractivity contribution in [2.45, 2.75) is 41.0 Å². The Morgan fingerprint density at radius 3 is 2.62 bits per heavy atom. The molecule has 0 unspecified atom stereocenters. The van der Waals surface area contributed by atoms with Gasteiger partial charge in [0.15, 0.2) is 0 Å². The van der Waals surface area contributed by atoms with E-state index in [0.717, 1.165) is 45.2 Å². The Bertz CT molecular complexity index is 1160. The number of halogens is 2. The monoisotopic (exact) mass is 473 g/mol. The molecular formula is C26H29Cl2NO3. The van der Waals surface area contributed by atoms with E-state index in [1.165, 1.54) is 0 Å². The van der Waals surface area contributed by atoms with Crippen molar-refractivity contribution < 1.29 is 13.9 Å². The van der Waals surface area contributed by atoms with Crippen LogP contribution in [0.5, 0.6) is 5.75 Å². The Hall–Kier alpha value is -2.43. The molecule has 0 saturated carbocycles. The summed E-state index contributed by atoms with van der Waals surface area (Å²) in [6.45, 7) is 11.2. The van der Waals surface area contributed by atoms with Crippen LogP contribution in [-0.2, 0) is 4.79 Å². The fourth-order valence-electron chi connectivity index (χ4n) is 3.67. The average molecular weight is 474 g/mol. The number of carbonyl (C=O) groups excluding carboxylic acids is 1. The Kier molecular flexibility index (Phi) is 7.91. The third-order valence-corrected chi connectivity index (χ3v) is 5.90. The van der Waals surface area contributed by atoms with Gasteiger partial charge in [-0.1, -0.05) is 43.1 Å². The maximum Gasteiger partial charge on any atom is 0.244 e. The van der Waals surface area contributed by atoms with E-state index in [9.17, 15) is 4.79 Å². The number of amides is 1. The quantitative estimate of drug-likeness (QED) is 0.341. The zero-order chi connectivity index (χ0) is 23.4. The van der Waals surface area contributed by atoms with Gasteiger partial charge in [0.25, 0.3) is 0 Å². The molecule has 2 aromatic carbocycles. The highest BCUT2D eigenvalue weighted by Gasteiger charge is 2.20. The van der Waals surface area contributed by atoms with Gasteiger partial charge < -0.3 is 14.5 Å². The van der Waals surface area contributed by atoms with Crippen LogP contribution in [0.25, 0.3) is 27.7 Å². The van der Waals surface area contributed by atoms with Crippen LogP contribution in [0.2, 0.25) is 10.0 Å². The zero-order valence-corrected chi connectivity index (χ0v) is 20.7. The maximum atomic E-state index is 12.5. The van der Waals surface area contributed by atoms with Crippen molar-refractivity contribution in [1.82, 2.24) is 5.32 Å². The van der Waals surface area contributed by atoms with Gasteiger partial charge in [0.05, 0.1) is 17.9 Å². The van der Waals surface area contributed by atoms with E-state index in [2.05, 4.69) is 19.2 Å². The summed E-state index contributed by atoms with van der Waals surface area (Å²) in [6, 6.07) is 7.40. The van der Waals surface area contributed by atoms with Crippen LogP contribution in [0.1, 0.15) is 45.2 Å². The standard InChI is InChI=1S/C26H29Cl2NO3/c1-6-31-25-17(5)26-21(22(14-32-26)19-8-7-18(27)12-23(19)28)13-20(25)16(4)11-24(30)29-10-9-15(2)3/h7-8,11-15H,6,9-10H2,1-5H3,(H,29,30)/b16-11+. The Labute approximate surface area is 199 Å². The molecule has 0 aliphatic heterocycles. The molecule has 1 aromatic heterocycles. The molecule has 6 heteroatoms. The molecule has 0 fully saturated rings. The molecule has 1 amide bonds. The second kappa shape index (κ2) is 10.5. The van der Waals surface area contributed by atoms with Crippen LogP contribution >= 0.6 is 23.2 Å². The van der Waals surface area contributed by atoms with E-state index < -0.39 is 0 Å². The minimum absolute atomic E-state index is 0.114. The molecule has 0 aliphatic carbocycles. The van der Waals surface area contributed by atoms with Crippen LogP contribution in [0.15, 0.2) is 41.0 Å². The van der Waals surface area contributed by atoms with Crippen molar-refractivity contribution in [2.75, 3.05) is 13.2 Å². The predicted octanol–water partition coefficient (Wildman–Crippen LogP) is 7.68. The van der Waals surface area contributed by atoms with Gasteiger partial charge in [-0.3, -0.25) is 4.79 Å². The van der Waals surface area contributed by atoms with Gasteiger partial charge in [0.2, 0.25) is 5.91 Å². The second-order valence-corrected chi connectivity index (χ2v) is 9.11. The number of furan rings is 1. The van der Waals surface area contributed by atoms with Gasteiger partial charge in [-0.05, 0) is 56.9 Å². The molecule has 1 heterocycles. The summed E-state index contributed by atoms with van der Waals surface area (Å²) in [7, 11) is 0. The van der Waals surface area contributed by atoms with Gasteiger partial charge in [0.1, 0.15) is 11.3 Å². The van der Waals surface area contributed by atoms with E-state index in [1.54, 1.807) is 24.5 Å². The van der Waals surface area contributed by atoms with E-state index in [-0.39, 0.29) is 5.91 Å². The van der Waals surface area contributed by atoms with Crippen LogP contribution in [0.3, 0.4) is 0 Å². The molecule has 32 heavy (non-hydrogen) atoms. The molecular weight excluding hydrogens is 445 g/mol. The number of allylic oxidation sites excluding steroid dienone is 1. The summed E-state index contributed by atoms with van der Waals surface area (Å²) in [5, 5.41) is 4.98. The fraction of sp³-hybridized carbons (Fsp3) is 0.346. The summed E-state index contributed by atoms with van der Waals surface area (Å²) in [5.74, 6) is 1.14. The number of carbonyl (C=O) groups is 1. The minimum Gasteiger partial charge on any atom is -0.493 e. The van der Waals surface area contributed by atoms with Crippen molar-refractivity contribution >= 4 is 45.7 Å². The second-order valence-electron chi connectivity index (χ2n) is 8.26.